The first-order valence-corrected chi connectivity index (χ1v) is 16.6. The van der Waals surface area contributed by atoms with Crippen LogP contribution in [0.1, 0.15) is 80.6 Å². The topological polar surface area (TPSA) is 147 Å². The van der Waals surface area contributed by atoms with Crippen LogP contribution in [0, 0.1) is 23.7 Å². The molecule has 0 bridgehead atoms. The number of hydrogen-bond donors (Lipinski definition) is 4. The number of rotatable bonds is 10. The van der Waals surface area contributed by atoms with Crippen molar-refractivity contribution in [1.82, 2.24) is 10.2 Å². The third kappa shape index (κ3) is 9.79. The highest BCUT2D eigenvalue weighted by atomic mass is 16.7. The number of aliphatic hydroxyl groups is 3. The van der Waals surface area contributed by atoms with Crippen molar-refractivity contribution in [2.24, 2.45) is 23.7 Å². The number of Topliss-reactive ketones (excluding diaryl/α,β-unsaturated/α-hetero) is 1. The molecule has 0 unspecified atom stereocenters. The second kappa shape index (κ2) is 17.1. The van der Waals surface area contributed by atoms with Crippen LogP contribution in [0.25, 0.3) is 0 Å². The lowest BCUT2D eigenvalue weighted by molar-refractivity contribution is -0.301. The van der Waals surface area contributed by atoms with Gasteiger partial charge in [0.15, 0.2) is 6.29 Å². The van der Waals surface area contributed by atoms with E-state index >= 15 is 0 Å². The number of ether oxygens (including phenoxy) is 4. The quantitative estimate of drug-likeness (QED) is 0.158. The SMILES string of the molecule is C=CCNCC[C@H]1CC(=O)[C@H](C)C[C@@](C)(OC)[C@H](O[C@@H]2O[C@H](C)C[C@H](N(C)C)[C@H]2O)[C@H](C)[C@@H](O)[C@@H](C)C(=O)O[C@H](CC)[C@@]1(C)O. The summed E-state index contributed by atoms with van der Waals surface area (Å²) < 4.78 is 24.7. The summed E-state index contributed by atoms with van der Waals surface area (Å²) in [6.45, 7) is 17.2. The summed E-state index contributed by atoms with van der Waals surface area (Å²) in [7, 11) is 5.31. The molecule has 11 nitrogen and oxygen atoms in total. The van der Waals surface area contributed by atoms with E-state index in [1.807, 2.05) is 46.7 Å². The fourth-order valence-corrected chi connectivity index (χ4v) is 7.09. The van der Waals surface area contributed by atoms with Gasteiger partial charge in [-0.1, -0.05) is 26.8 Å². The minimum absolute atomic E-state index is 0.0684. The van der Waals surface area contributed by atoms with Crippen LogP contribution < -0.4 is 5.32 Å². The standard InChI is InChI=1S/C34H62N2O9/c1-12-15-35-16-14-24-18-26(37)20(3)19-33(7,42-11)30(45-32-29(39)25(36(9)10)17-21(4)43-32)22(5)28(38)23(6)31(40)44-27(13-2)34(24,8)41/h12,20-25,27-30,32,35,38-39,41H,1,13-19H2,2-11H3/t20-,21-,22-,23-,24+,25+,27-,28-,29-,30-,32+,33-,34+/m1/s1. The van der Waals surface area contributed by atoms with E-state index in [0.29, 0.717) is 32.4 Å². The number of nitrogens with one attached hydrogen (secondary N) is 1. The zero-order chi connectivity index (χ0) is 34.3. The molecule has 0 aliphatic carbocycles. The molecule has 2 aliphatic rings. The maximum Gasteiger partial charge on any atom is 0.311 e. The number of nitrogens with zero attached hydrogens (tertiary/aromatic N) is 1. The van der Waals surface area contributed by atoms with E-state index in [2.05, 4.69) is 11.9 Å². The second-order valence-corrected chi connectivity index (χ2v) is 14.1. The number of hydrogen-bond acceptors (Lipinski definition) is 11. The number of ketones is 1. The number of methoxy groups -OCH3 is 1. The van der Waals surface area contributed by atoms with E-state index in [9.17, 15) is 24.9 Å². The number of cyclic esters (lactones) is 1. The molecule has 2 heterocycles. The number of carbonyl (C=O) groups is 2. The predicted molar refractivity (Wildman–Crippen MR) is 172 cm³/mol. The van der Waals surface area contributed by atoms with Crippen molar-refractivity contribution in [3.63, 3.8) is 0 Å². The van der Waals surface area contributed by atoms with Gasteiger partial charge in [-0.3, -0.25) is 9.59 Å². The summed E-state index contributed by atoms with van der Waals surface area (Å²) >= 11 is 0. The van der Waals surface area contributed by atoms with Gasteiger partial charge in [0.2, 0.25) is 0 Å². The van der Waals surface area contributed by atoms with Crippen molar-refractivity contribution in [2.75, 3.05) is 34.3 Å². The zero-order valence-electron chi connectivity index (χ0n) is 29.3. The van der Waals surface area contributed by atoms with E-state index in [4.69, 9.17) is 18.9 Å². The van der Waals surface area contributed by atoms with Gasteiger partial charge >= 0.3 is 5.97 Å². The van der Waals surface area contributed by atoms with Crippen LogP contribution in [0.3, 0.4) is 0 Å². The lowest BCUT2D eigenvalue weighted by Gasteiger charge is -2.48. The molecule has 2 aliphatic heterocycles. The molecule has 0 amide bonds. The van der Waals surface area contributed by atoms with Crippen molar-refractivity contribution in [2.45, 2.75) is 135 Å². The van der Waals surface area contributed by atoms with Crippen LogP contribution >= 0.6 is 0 Å². The molecule has 2 rings (SSSR count). The zero-order valence-corrected chi connectivity index (χ0v) is 29.3. The molecule has 2 fully saturated rings. The third-order valence-corrected chi connectivity index (χ3v) is 10.3. The highest BCUT2D eigenvalue weighted by Gasteiger charge is 2.50. The molecule has 0 radical (unpaired) electrons. The van der Waals surface area contributed by atoms with Gasteiger partial charge in [-0.25, -0.2) is 0 Å². The van der Waals surface area contributed by atoms with Gasteiger partial charge in [-0.15, -0.1) is 6.58 Å². The van der Waals surface area contributed by atoms with Gasteiger partial charge in [0.25, 0.3) is 0 Å². The summed E-state index contributed by atoms with van der Waals surface area (Å²) in [5.41, 5.74) is -2.63. The number of carbonyl (C=O) groups excluding carboxylic acids is 2. The Labute approximate surface area is 271 Å². The Bertz CT molecular complexity index is 962. The first kappa shape index (κ1) is 39.7. The lowest BCUT2D eigenvalue weighted by atomic mass is 9.73. The van der Waals surface area contributed by atoms with Crippen molar-refractivity contribution in [1.29, 1.82) is 0 Å². The highest BCUT2D eigenvalue weighted by molar-refractivity contribution is 5.81. The minimum Gasteiger partial charge on any atom is -0.459 e. The molecule has 45 heavy (non-hydrogen) atoms. The maximum absolute atomic E-state index is 13.9. The van der Waals surface area contributed by atoms with E-state index in [1.165, 1.54) is 7.11 Å². The smallest absolute Gasteiger partial charge is 0.311 e. The number of esters is 1. The van der Waals surface area contributed by atoms with Crippen LogP contribution in [-0.4, -0.2) is 120 Å². The summed E-state index contributed by atoms with van der Waals surface area (Å²) in [5, 5.41) is 38.0. The molecular weight excluding hydrogens is 580 g/mol. The van der Waals surface area contributed by atoms with Crippen LogP contribution in [0.5, 0.6) is 0 Å². The Kier molecular flexibility index (Phi) is 15.1. The molecule has 0 aromatic carbocycles. The second-order valence-electron chi connectivity index (χ2n) is 14.1. The predicted octanol–water partition coefficient (Wildman–Crippen LogP) is 2.69. The molecular formula is C34H62N2O9. The molecule has 0 aromatic heterocycles. The monoisotopic (exact) mass is 642 g/mol. The van der Waals surface area contributed by atoms with Crippen LogP contribution in [-0.2, 0) is 28.5 Å². The largest absolute Gasteiger partial charge is 0.459 e. The molecule has 2 saturated heterocycles. The van der Waals surface area contributed by atoms with Gasteiger partial charge in [0.1, 0.15) is 23.6 Å². The molecule has 13 atom stereocenters. The van der Waals surface area contributed by atoms with E-state index < -0.39 is 71.5 Å². The average Bonchev–Trinajstić information content (AvgIpc) is 2.99. The van der Waals surface area contributed by atoms with E-state index in [1.54, 1.807) is 26.8 Å². The Balaban J connectivity index is 2.57. The molecule has 0 saturated carbocycles. The summed E-state index contributed by atoms with van der Waals surface area (Å²) in [4.78, 5) is 29.3. The summed E-state index contributed by atoms with van der Waals surface area (Å²) in [5.74, 6) is -3.43. The van der Waals surface area contributed by atoms with Crippen molar-refractivity contribution < 1.29 is 43.9 Å². The maximum atomic E-state index is 13.9. The first-order valence-electron chi connectivity index (χ1n) is 16.6. The van der Waals surface area contributed by atoms with Gasteiger partial charge in [-0.2, -0.15) is 0 Å². The Hall–Kier alpha value is -1.44. The number of aliphatic hydroxyl groups excluding tert-OH is 2. The fourth-order valence-electron chi connectivity index (χ4n) is 7.09. The minimum atomic E-state index is -1.50. The molecule has 0 aromatic rings. The van der Waals surface area contributed by atoms with E-state index in [0.717, 1.165) is 0 Å². The van der Waals surface area contributed by atoms with Crippen LogP contribution in [0.2, 0.25) is 0 Å². The molecule has 4 N–H and O–H groups in total. The van der Waals surface area contributed by atoms with Gasteiger partial charge in [0.05, 0.1) is 29.8 Å². The van der Waals surface area contributed by atoms with Gasteiger partial charge in [0, 0.05) is 38.0 Å². The van der Waals surface area contributed by atoms with Gasteiger partial charge in [-0.05, 0) is 79.9 Å². The Morgan fingerprint density at radius 3 is 2.33 bits per heavy atom. The Morgan fingerprint density at radius 2 is 1.78 bits per heavy atom. The molecule has 262 valence electrons. The third-order valence-electron chi connectivity index (χ3n) is 10.3. The molecule has 11 heteroatoms. The summed E-state index contributed by atoms with van der Waals surface area (Å²) in [6, 6.07) is -0.225. The average molecular weight is 643 g/mol. The molecule has 0 spiro atoms. The number of likely N-dealkylation sites (N-methyl/N-ethyl adjacent to an activating group) is 1. The fraction of sp³-hybridized carbons (Fsp3) is 0.882. The normalized spacial score (nSPS) is 42.7. The first-order chi connectivity index (χ1) is 20.9. The van der Waals surface area contributed by atoms with E-state index in [-0.39, 0.29) is 30.8 Å². The van der Waals surface area contributed by atoms with Crippen LogP contribution in [0.15, 0.2) is 12.7 Å². The summed E-state index contributed by atoms with van der Waals surface area (Å²) in [6.07, 6.45) is -1.79. The van der Waals surface area contributed by atoms with Crippen molar-refractivity contribution in [3.05, 3.63) is 12.7 Å². The van der Waals surface area contributed by atoms with Crippen molar-refractivity contribution in [3.8, 4) is 0 Å². The Morgan fingerprint density at radius 1 is 1.13 bits per heavy atom. The lowest BCUT2D eigenvalue weighted by Crippen LogP contribution is -2.59. The van der Waals surface area contributed by atoms with Crippen molar-refractivity contribution >= 4 is 11.8 Å². The van der Waals surface area contributed by atoms with Crippen LogP contribution in [0.4, 0.5) is 0 Å². The van der Waals surface area contributed by atoms with Gasteiger partial charge < -0.3 is 44.5 Å². The highest BCUT2D eigenvalue weighted by Crippen LogP contribution is 2.39.